The van der Waals surface area contributed by atoms with E-state index in [9.17, 15) is 9.90 Å². The third kappa shape index (κ3) is 2.81. The van der Waals surface area contributed by atoms with Crippen molar-refractivity contribution in [1.82, 2.24) is 9.97 Å². The summed E-state index contributed by atoms with van der Waals surface area (Å²) in [7, 11) is 0. The molecule has 3 heterocycles. The molecule has 1 saturated heterocycles. The van der Waals surface area contributed by atoms with Crippen LogP contribution in [0.15, 0.2) is 29.0 Å². The van der Waals surface area contributed by atoms with Gasteiger partial charge in [-0.15, -0.1) is 0 Å². The Hall–Kier alpha value is -2.37. The van der Waals surface area contributed by atoms with E-state index in [0.717, 1.165) is 19.5 Å². The fraction of sp³-hybridized carbons (Fsp3) is 0.438. The molecule has 6 heteroatoms. The maximum atomic E-state index is 11.5. The van der Waals surface area contributed by atoms with Crippen molar-refractivity contribution in [3.8, 4) is 11.6 Å². The average molecular weight is 301 g/mol. The summed E-state index contributed by atoms with van der Waals surface area (Å²) in [5.41, 5.74) is 0.136. The molecule has 0 radical (unpaired) electrons. The molecular formula is C16H19N3O3. The summed E-state index contributed by atoms with van der Waals surface area (Å²) in [6.07, 6.45) is 4.07. The van der Waals surface area contributed by atoms with Gasteiger partial charge in [0.2, 0.25) is 0 Å². The van der Waals surface area contributed by atoms with E-state index in [4.69, 9.17) is 4.42 Å². The van der Waals surface area contributed by atoms with Crippen molar-refractivity contribution in [3.05, 3.63) is 30.2 Å². The van der Waals surface area contributed by atoms with Crippen molar-refractivity contribution in [2.24, 2.45) is 11.8 Å². The molecule has 2 atom stereocenters. The van der Waals surface area contributed by atoms with Gasteiger partial charge in [0.25, 0.3) is 0 Å². The van der Waals surface area contributed by atoms with Gasteiger partial charge in [0, 0.05) is 19.3 Å². The maximum Gasteiger partial charge on any atom is 0.341 e. The van der Waals surface area contributed by atoms with Crippen LogP contribution < -0.4 is 4.90 Å². The SMILES string of the molecule is CC1CC(C)CN(c2nc(-c3ccco3)ncc2C(=O)O)C1. The second kappa shape index (κ2) is 5.79. The molecule has 1 N–H and O–H groups in total. The van der Waals surface area contributed by atoms with Crippen LogP contribution in [0.25, 0.3) is 11.6 Å². The van der Waals surface area contributed by atoms with Crippen molar-refractivity contribution < 1.29 is 14.3 Å². The van der Waals surface area contributed by atoms with Gasteiger partial charge in [-0.3, -0.25) is 0 Å². The van der Waals surface area contributed by atoms with Crippen LogP contribution in [0.3, 0.4) is 0 Å². The van der Waals surface area contributed by atoms with Gasteiger partial charge in [-0.05, 0) is 30.4 Å². The second-order valence-corrected chi connectivity index (χ2v) is 6.06. The highest BCUT2D eigenvalue weighted by molar-refractivity contribution is 5.93. The molecule has 3 rings (SSSR count). The summed E-state index contributed by atoms with van der Waals surface area (Å²) in [5.74, 6) is 1.44. The van der Waals surface area contributed by atoms with E-state index >= 15 is 0 Å². The third-order valence-electron chi connectivity index (χ3n) is 3.91. The molecule has 2 aromatic heterocycles. The number of aromatic carboxylic acids is 1. The standard InChI is InChI=1S/C16H19N3O3/c1-10-6-11(2)9-19(8-10)15-12(16(20)21)7-17-14(18-15)13-4-3-5-22-13/h3-5,7,10-11H,6,8-9H2,1-2H3,(H,20,21). The number of hydrogen-bond donors (Lipinski definition) is 1. The Balaban J connectivity index is 2.03. The minimum Gasteiger partial charge on any atom is -0.477 e. The number of anilines is 1. The predicted molar refractivity (Wildman–Crippen MR) is 81.9 cm³/mol. The molecule has 1 aliphatic heterocycles. The van der Waals surface area contributed by atoms with Crippen LogP contribution in [0.4, 0.5) is 5.82 Å². The second-order valence-electron chi connectivity index (χ2n) is 6.06. The van der Waals surface area contributed by atoms with Crippen molar-refractivity contribution in [2.45, 2.75) is 20.3 Å². The summed E-state index contributed by atoms with van der Waals surface area (Å²) in [5, 5.41) is 9.42. The van der Waals surface area contributed by atoms with E-state index in [1.807, 2.05) is 0 Å². The lowest BCUT2D eigenvalue weighted by Gasteiger charge is -2.36. The van der Waals surface area contributed by atoms with E-state index in [2.05, 4.69) is 28.7 Å². The minimum atomic E-state index is -1.01. The smallest absolute Gasteiger partial charge is 0.341 e. The number of carboxylic acids is 1. The van der Waals surface area contributed by atoms with Gasteiger partial charge in [-0.2, -0.15) is 0 Å². The number of rotatable bonds is 3. The first-order valence-corrected chi connectivity index (χ1v) is 7.43. The number of carboxylic acid groups (broad SMARTS) is 1. The lowest BCUT2D eigenvalue weighted by molar-refractivity contribution is 0.0696. The van der Waals surface area contributed by atoms with Crippen LogP contribution in [-0.4, -0.2) is 34.1 Å². The van der Waals surface area contributed by atoms with Crippen LogP contribution in [0.1, 0.15) is 30.6 Å². The van der Waals surface area contributed by atoms with Crippen LogP contribution >= 0.6 is 0 Å². The first kappa shape index (κ1) is 14.6. The van der Waals surface area contributed by atoms with Crippen molar-refractivity contribution in [2.75, 3.05) is 18.0 Å². The van der Waals surface area contributed by atoms with E-state index < -0.39 is 5.97 Å². The Labute approximate surface area is 128 Å². The number of piperidine rings is 1. The zero-order chi connectivity index (χ0) is 15.7. The quantitative estimate of drug-likeness (QED) is 0.939. The van der Waals surface area contributed by atoms with Gasteiger partial charge < -0.3 is 14.4 Å². The van der Waals surface area contributed by atoms with Crippen LogP contribution in [0.5, 0.6) is 0 Å². The van der Waals surface area contributed by atoms with E-state index in [-0.39, 0.29) is 5.56 Å². The van der Waals surface area contributed by atoms with Gasteiger partial charge in [-0.25, -0.2) is 14.8 Å². The number of nitrogens with zero attached hydrogens (tertiary/aromatic N) is 3. The fourth-order valence-electron chi connectivity index (χ4n) is 3.13. The van der Waals surface area contributed by atoms with Crippen LogP contribution in [0.2, 0.25) is 0 Å². The Morgan fingerprint density at radius 3 is 2.68 bits per heavy atom. The third-order valence-corrected chi connectivity index (χ3v) is 3.91. The number of carbonyl (C=O) groups is 1. The molecule has 0 amide bonds. The average Bonchev–Trinajstić information content (AvgIpc) is 2.99. The molecule has 6 nitrogen and oxygen atoms in total. The summed E-state index contributed by atoms with van der Waals surface area (Å²) in [6, 6.07) is 3.52. The first-order valence-electron chi connectivity index (χ1n) is 7.43. The van der Waals surface area contributed by atoms with E-state index in [1.165, 1.54) is 6.20 Å². The Bertz CT molecular complexity index is 659. The highest BCUT2D eigenvalue weighted by atomic mass is 16.4. The molecule has 1 fully saturated rings. The number of aromatic nitrogens is 2. The van der Waals surface area contributed by atoms with Crippen molar-refractivity contribution in [3.63, 3.8) is 0 Å². The molecule has 2 aromatic rings. The molecule has 0 aromatic carbocycles. The monoisotopic (exact) mass is 301 g/mol. The highest BCUT2D eigenvalue weighted by Gasteiger charge is 2.27. The Morgan fingerprint density at radius 2 is 2.09 bits per heavy atom. The lowest BCUT2D eigenvalue weighted by Crippen LogP contribution is -2.40. The molecule has 22 heavy (non-hydrogen) atoms. The summed E-state index contributed by atoms with van der Waals surface area (Å²) < 4.78 is 5.31. The summed E-state index contributed by atoms with van der Waals surface area (Å²) in [6.45, 7) is 5.97. The minimum absolute atomic E-state index is 0.136. The van der Waals surface area contributed by atoms with Gasteiger partial charge in [0.1, 0.15) is 11.4 Å². The van der Waals surface area contributed by atoms with Crippen molar-refractivity contribution >= 4 is 11.8 Å². The lowest BCUT2D eigenvalue weighted by atomic mass is 9.92. The van der Waals surface area contributed by atoms with E-state index in [1.54, 1.807) is 18.4 Å². The van der Waals surface area contributed by atoms with Crippen molar-refractivity contribution in [1.29, 1.82) is 0 Å². The van der Waals surface area contributed by atoms with Gasteiger partial charge in [0.15, 0.2) is 11.6 Å². The maximum absolute atomic E-state index is 11.5. The number of furan rings is 1. The molecule has 0 bridgehead atoms. The summed E-state index contributed by atoms with van der Waals surface area (Å²) >= 11 is 0. The Kier molecular flexibility index (Phi) is 3.83. The molecule has 1 aliphatic rings. The largest absolute Gasteiger partial charge is 0.477 e. The number of hydrogen-bond acceptors (Lipinski definition) is 5. The Morgan fingerprint density at radius 1 is 1.36 bits per heavy atom. The fourth-order valence-corrected chi connectivity index (χ4v) is 3.13. The van der Waals surface area contributed by atoms with Gasteiger partial charge in [-0.1, -0.05) is 13.8 Å². The molecule has 116 valence electrons. The summed E-state index contributed by atoms with van der Waals surface area (Å²) in [4.78, 5) is 22.1. The van der Waals surface area contributed by atoms with Gasteiger partial charge in [0.05, 0.1) is 6.26 Å². The molecule has 0 aliphatic carbocycles. The molecular weight excluding hydrogens is 282 g/mol. The highest BCUT2D eigenvalue weighted by Crippen LogP contribution is 2.29. The van der Waals surface area contributed by atoms with E-state index in [0.29, 0.717) is 29.2 Å². The molecule has 0 spiro atoms. The molecule has 0 saturated carbocycles. The first-order chi connectivity index (χ1) is 10.5. The van der Waals surface area contributed by atoms with Gasteiger partial charge >= 0.3 is 5.97 Å². The van der Waals surface area contributed by atoms with Crippen LogP contribution in [0, 0.1) is 11.8 Å². The normalized spacial score (nSPS) is 21.8. The molecule has 2 unspecified atom stereocenters. The zero-order valence-corrected chi connectivity index (χ0v) is 12.7. The zero-order valence-electron chi connectivity index (χ0n) is 12.7. The topological polar surface area (TPSA) is 79.5 Å². The predicted octanol–water partition coefficient (Wildman–Crippen LogP) is 2.92. The van der Waals surface area contributed by atoms with Crippen LogP contribution in [-0.2, 0) is 0 Å².